The lowest BCUT2D eigenvalue weighted by molar-refractivity contribution is 0.122. The van der Waals surface area contributed by atoms with Crippen LogP contribution in [0.4, 0.5) is 5.82 Å². The predicted molar refractivity (Wildman–Crippen MR) is 85.9 cm³/mol. The predicted octanol–water partition coefficient (Wildman–Crippen LogP) is 3.44. The highest BCUT2D eigenvalue weighted by Crippen LogP contribution is 2.32. The average molecular weight is 278 g/mol. The molecule has 1 saturated heterocycles. The van der Waals surface area contributed by atoms with E-state index in [0.717, 1.165) is 26.3 Å². The first-order chi connectivity index (χ1) is 10.4. The summed E-state index contributed by atoms with van der Waals surface area (Å²) in [6.07, 6.45) is 2.15. The molecular formula is C18H18N2O. The zero-order valence-corrected chi connectivity index (χ0v) is 11.9. The van der Waals surface area contributed by atoms with Crippen molar-refractivity contribution in [3.63, 3.8) is 0 Å². The summed E-state index contributed by atoms with van der Waals surface area (Å²) < 4.78 is 7.76. The number of anilines is 1. The smallest absolute Gasteiger partial charge is 0.113 e. The molecule has 0 amide bonds. The van der Waals surface area contributed by atoms with Crippen LogP contribution in [0.3, 0.4) is 0 Å². The van der Waals surface area contributed by atoms with E-state index in [9.17, 15) is 0 Å². The number of aromatic nitrogens is 1. The average Bonchev–Trinajstić information content (AvgIpc) is 2.96. The molecule has 106 valence electrons. The quantitative estimate of drug-likeness (QED) is 0.714. The molecule has 1 aliphatic heterocycles. The summed E-state index contributed by atoms with van der Waals surface area (Å²) >= 11 is 0. The first kappa shape index (κ1) is 12.5. The van der Waals surface area contributed by atoms with E-state index in [0.29, 0.717) is 0 Å². The fourth-order valence-electron chi connectivity index (χ4n) is 3.02. The molecule has 0 radical (unpaired) electrons. The van der Waals surface area contributed by atoms with Crippen LogP contribution in [0.2, 0.25) is 0 Å². The number of rotatable bonds is 2. The first-order valence-electron chi connectivity index (χ1n) is 7.42. The minimum absolute atomic E-state index is 0.806. The lowest BCUT2D eigenvalue weighted by atomic mass is 10.1. The molecule has 1 aliphatic rings. The molecular weight excluding hydrogens is 260 g/mol. The van der Waals surface area contributed by atoms with E-state index in [1.165, 1.54) is 22.5 Å². The Morgan fingerprint density at radius 1 is 0.857 bits per heavy atom. The van der Waals surface area contributed by atoms with Crippen molar-refractivity contribution in [1.82, 2.24) is 4.40 Å². The monoisotopic (exact) mass is 278 g/mol. The van der Waals surface area contributed by atoms with Gasteiger partial charge in [0.2, 0.25) is 0 Å². The van der Waals surface area contributed by atoms with Gasteiger partial charge < -0.3 is 14.0 Å². The number of pyridine rings is 1. The van der Waals surface area contributed by atoms with E-state index in [2.05, 4.69) is 70.1 Å². The van der Waals surface area contributed by atoms with Crippen molar-refractivity contribution < 1.29 is 4.74 Å². The fraction of sp³-hybridized carbons (Fsp3) is 0.222. The molecule has 3 heteroatoms. The van der Waals surface area contributed by atoms with E-state index < -0.39 is 0 Å². The standard InChI is InChI=1S/C18H18N2O/c1-2-6-15(7-3-1)16-14-18(19-10-12-21-13-11-19)20-9-5-4-8-17(16)20/h1-9,14H,10-13H2. The van der Waals surface area contributed by atoms with Crippen molar-refractivity contribution in [3.05, 3.63) is 60.8 Å². The summed E-state index contributed by atoms with van der Waals surface area (Å²) in [5.41, 5.74) is 3.81. The Kier molecular flexibility index (Phi) is 3.13. The third-order valence-corrected chi connectivity index (χ3v) is 4.08. The van der Waals surface area contributed by atoms with Gasteiger partial charge in [-0.05, 0) is 23.8 Å². The van der Waals surface area contributed by atoms with Gasteiger partial charge in [-0.1, -0.05) is 36.4 Å². The molecule has 1 aromatic carbocycles. The number of ether oxygens (including phenoxy) is 1. The zero-order valence-electron chi connectivity index (χ0n) is 11.9. The molecule has 2 aromatic heterocycles. The Bertz CT molecular complexity index is 742. The Balaban J connectivity index is 1.88. The van der Waals surface area contributed by atoms with Crippen LogP contribution < -0.4 is 4.90 Å². The van der Waals surface area contributed by atoms with Crippen molar-refractivity contribution >= 4 is 11.3 Å². The highest BCUT2D eigenvalue weighted by Gasteiger charge is 2.17. The van der Waals surface area contributed by atoms with Gasteiger partial charge in [0.1, 0.15) is 5.82 Å². The minimum Gasteiger partial charge on any atom is -0.378 e. The summed E-state index contributed by atoms with van der Waals surface area (Å²) in [5.74, 6) is 1.26. The topological polar surface area (TPSA) is 16.9 Å². The summed E-state index contributed by atoms with van der Waals surface area (Å²) in [7, 11) is 0. The molecule has 0 atom stereocenters. The number of fused-ring (bicyclic) bond motifs is 1. The maximum Gasteiger partial charge on any atom is 0.113 e. The highest BCUT2D eigenvalue weighted by atomic mass is 16.5. The molecule has 1 fully saturated rings. The highest BCUT2D eigenvalue weighted by molar-refractivity contribution is 5.85. The van der Waals surface area contributed by atoms with Crippen LogP contribution in [-0.2, 0) is 4.74 Å². The molecule has 0 spiro atoms. The Labute approximate surface area is 124 Å². The van der Waals surface area contributed by atoms with E-state index >= 15 is 0 Å². The molecule has 3 heterocycles. The Morgan fingerprint density at radius 3 is 2.43 bits per heavy atom. The van der Waals surface area contributed by atoms with Crippen molar-refractivity contribution in [2.75, 3.05) is 31.2 Å². The van der Waals surface area contributed by atoms with Gasteiger partial charge in [0, 0.05) is 24.8 Å². The Morgan fingerprint density at radius 2 is 1.62 bits per heavy atom. The second kappa shape index (κ2) is 5.26. The molecule has 3 aromatic rings. The number of nitrogens with zero attached hydrogens (tertiary/aromatic N) is 2. The van der Waals surface area contributed by atoms with E-state index in [1.54, 1.807) is 0 Å². The van der Waals surface area contributed by atoms with Gasteiger partial charge in [-0.15, -0.1) is 0 Å². The van der Waals surface area contributed by atoms with Crippen molar-refractivity contribution in [3.8, 4) is 11.1 Å². The maximum absolute atomic E-state index is 5.47. The molecule has 0 bridgehead atoms. The molecule has 21 heavy (non-hydrogen) atoms. The first-order valence-corrected chi connectivity index (χ1v) is 7.42. The molecule has 0 aliphatic carbocycles. The van der Waals surface area contributed by atoms with Crippen molar-refractivity contribution in [2.45, 2.75) is 0 Å². The van der Waals surface area contributed by atoms with Gasteiger partial charge in [-0.2, -0.15) is 0 Å². The maximum atomic E-state index is 5.47. The fourth-order valence-corrected chi connectivity index (χ4v) is 3.02. The van der Waals surface area contributed by atoms with Crippen LogP contribution in [0, 0.1) is 0 Å². The number of hydrogen-bond donors (Lipinski definition) is 0. The molecule has 0 unspecified atom stereocenters. The normalized spacial score (nSPS) is 15.5. The number of hydrogen-bond acceptors (Lipinski definition) is 2. The van der Waals surface area contributed by atoms with Gasteiger partial charge in [0.15, 0.2) is 0 Å². The second-order valence-electron chi connectivity index (χ2n) is 5.34. The van der Waals surface area contributed by atoms with Crippen LogP contribution >= 0.6 is 0 Å². The summed E-state index contributed by atoms with van der Waals surface area (Å²) in [4.78, 5) is 2.41. The van der Waals surface area contributed by atoms with Crippen LogP contribution in [0.5, 0.6) is 0 Å². The van der Waals surface area contributed by atoms with Gasteiger partial charge in [-0.25, -0.2) is 0 Å². The molecule has 0 saturated carbocycles. The van der Waals surface area contributed by atoms with E-state index in [1.807, 2.05) is 0 Å². The summed E-state index contributed by atoms with van der Waals surface area (Å²) in [6, 6.07) is 19.3. The van der Waals surface area contributed by atoms with Crippen LogP contribution in [0.1, 0.15) is 0 Å². The van der Waals surface area contributed by atoms with Gasteiger partial charge in [-0.3, -0.25) is 0 Å². The lowest BCUT2D eigenvalue weighted by Crippen LogP contribution is -2.36. The summed E-state index contributed by atoms with van der Waals surface area (Å²) in [6.45, 7) is 3.52. The van der Waals surface area contributed by atoms with Crippen molar-refractivity contribution in [1.29, 1.82) is 0 Å². The molecule has 3 nitrogen and oxygen atoms in total. The van der Waals surface area contributed by atoms with Gasteiger partial charge in [0.05, 0.1) is 18.7 Å². The van der Waals surface area contributed by atoms with Crippen LogP contribution in [-0.4, -0.2) is 30.7 Å². The van der Waals surface area contributed by atoms with Gasteiger partial charge in [0.25, 0.3) is 0 Å². The largest absolute Gasteiger partial charge is 0.378 e. The molecule has 4 rings (SSSR count). The number of benzene rings is 1. The van der Waals surface area contributed by atoms with Crippen molar-refractivity contribution in [2.24, 2.45) is 0 Å². The summed E-state index contributed by atoms with van der Waals surface area (Å²) in [5, 5.41) is 0. The Hall–Kier alpha value is -2.26. The van der Waals surface area contributed by atoms with E-state index in [-0.39, 0.29) is 0 Å². The second-order valence-corrected chi connectivity index (χ2v) is 5.34. The van der Waals surface area contributed by atoms with Gasteiger partial charge >= 0.3 is 0 Å². The SMILES string of the molecule is c1ccc(-c2cc(N3CCOCC3)n3ccccc23)cc1. The molecule has 0 N–H and O–H groups in total. The van der Waals surface area contributed by atoms with Crippen LogP contribution in [0.25, 0.3) is 16.6 Å². The lowest BCUT2D eigenvalue weighted by Gasteiger charge is -2.28. The van der Waals surface area contributed by atoms with E-state index in [4.69, 9.17) is 4.74 Å². The minimum atomic E-state index is 0.806. The third-order valence-electron chi connectivity index (χ3n) is 4.08. The van der Waals surface area contributed by atoms with Crippen LogP contribution in [0.15, 0.2) is 60.8 Å². The number of morpholine rings is 1. The zero-order chi connectivity index (χ0) is 14.1. The third kappa shape index (κ3) is 2.20.